The van der Waals surface area contributed by atoms with Gasteiger partial charge in [0.1, 0.15) is 6.10 Å². The second-order valence-corrected chi connectivity index (χ2v) is 4.87. The van der Waals surface area contributed by atoms with Crippen molar-refractivity contribution in [2.45, 2.75) is 44.6 Å². The Kier molecular flexibility index (Phi) is 4.98. The summed E-state index contributed by atoms with van der Waals surface area (Å²) in [5.74, 6) is 6.08. The maximum Gasteiger partial charge on any atom is 0.106 e. The van der Waals surface area contributed by atoms with Gasteiger partial charge in [-0.05, 0) is 17.9 Å². The number of nitrogens with one attached hydrogen (secondary N) is 1. The highest BCUT2D eigenvalue weighted by molar-refractivity contribution is 5.17. The van der Waals surface area contributed by atoms with E-state index in [1.807, 2.05) is 18.2 Å². The summed E-state index contributed by atoms with van der Waals surface area (Å²) in [7, 11) is 0. The minimum atomic E-state index is 0.0734. The third kappa shape index (κ3) is 3.80. The fourth-order valence-electron chi connectivity index (χ4n) is 2.73. The molecule has 1 atom stereocenters. The SMILES string of the molecule is NNOC(CC1CCCCC1)c1ccccc1. The highest BCUT2D eigenvalue weighted by atomic mass is 16.7. The second-order valence-electron chi connectivity index (χ2n) is 4.87. The molecule has 1 unspecified atom stereocenters. The van der Waals surface area contributed by atoms with E-state index in [1.165, 1.54) is 37.7 Å². The minimum absolute atomic E-state index is 0.0734. The monoisotopic (exact) mass is 234 g/mol. The van der Waals surface area contributed by atoms with Crippen LogP contribution in [0.2, 0.25) is 0 Å². The normalized spacial score (nSPS) is 19.1. The van der Waals surface area contributed by atoms with Crippen LogP contribution >= 0.6 is 0 Å². The molecule has 0 saturated heterocycles. The van der Waals surface area contributed by atoms with Crippen LogP contribution in [0.25, 0.3) is 0 Å². The topological polar surface area (TPSA) is 47.3 Å². The molecule has 1 fully saturated rings. The average molecular weight is 234 g/mol. The van der Waals surface area contributed by atoms with Crippen molar-refractivity contribution in [3.63, 3.8) is 0 Å². The largest absolute Gasteiger partial charge is 0.279 e. The van der Waals surface area contributed by atoms with E-state index in [0.29, 0.717) is 0 Å². The lowest BCUT2D eigenvalue weighted by Gasteiger charge is -2.26. The average Bonchev–Trinajstić information content (AvgIpc) is 2.40. The molecule has 0 aliphatic heterocycles. The number of hydrogen-bond acceptors (Lipinski definition) is 3. The summed E-state index contributed by atoms with van der Waals surface area (Å²) in [6.45, 7) is 0. The first kappa shape index (κ1) is 12.6. The predicted octanol–water partition coefficient (Wildman–Crippen LogP) is 3.09. The number of rotatable bonds is 5. The molecule has 0 spiro atoms. The molecular formula is C14H22N2O. The van der Waals surface area contributed by atoms with Gasteiger partial charge in [0, 0.05) is 0 Å². The molecule has 0 radical (unpaired) electrons. The van der Waals surface area contributed by atoms with Crippen LogP contribution in [0, 0.1) is 5.92 Å². The molecule has 3 nitrogen and oxygen atoms in total. The summed E-state index contributed by atoms with van der Waals surface area (Å²) < 4.78 is 0. The first-order valence-corrected chi connectivity index (χ1v) is 6.56. The van der Waals surface area contributed by atoms with Gasteiger partial charge in [-0.15, -0.1) is 5.59 Å². The summed E-state index contributed by atoms with van der Waals surface area (Å²) in [4.78, 5) is 5.46. The quantitative estimate of drug-likeness (QED) is 0.608. The van der Waals surface area contributed by atoms with Crippen LogP contribution < -0.4 is 11.4 Å². The Balaban J connectivity index is 1.96. The number of benzene rings is 1. The zero-order valence-electron chi connectivity index (χ0n) is 10.3. The van der Waals surface area contributed by atoms with Gasteiger partial charge in [-0.25, -0.2) is 5.84 Å². The highest BCUT2D eigenvalue weighted by Gasteiger charge is 2.20. The first-order valence-electron chi connectivity index (χ1n) is 6.56. The molecule has 3 N–H and O–H groups in total. The van der Waals surface area contributed by atoms with Crippen molar-refractivity contribution in [3.8, 4) is 0 Å². The fraction of sp³-hybridized carbons (Fsp3) is 0.571. The fourth-order valence-corrected chi connectivity index (χ4v) is 2.73. The molecule has 1 aromatic rings. The zero-order valence-corrected chi connectivity index (χ0v) is 10.3. The molecule has 2 rings (SSSR count). The second kappa shape index (κ2) is 6.74. The lowest BCUT2D eigenvalue weighted by Crippen LogP contribution is -2.26. The Morgan fingerprint density at radius 1 is 1.18 bits per heavy atom. The van der Waals surface area contributed by atoms with Crippen LogP contribution in [0.3, 0.4) is 0 Å². The van der Waals surface area contributed by atoms with Crippen molar-refractivity contribution < 1.29 is 4.84 Å². The molecule has 0 heterocycles. The molecule has 0 aromatic heterocycles. The van der Waals surface area contributed by atoms with Crippen LogP contribution in [0.1, 0.15) is 50.2 Å². The lowest BCUT2D eigenvalue weighted by molar-refractivity contribution is -0.0413. The van der Waals surface area contributed by atoms with Crippen molar-refractivity contribution in [3.05, 3.63) is 35.9 Å². The number of hydrogen-bond donors (Lipinski definition) is 2. The Morgan fingerprint density at radius 2 is 1.88 bits per heavy atom. The van der Waals surface area contributed by atoms with E-state index in [9.17, 15) is 0 Å². The standard InChI is InChI=1S/C14H22N2O/c15-16-17-14(13-9-5-2-6-10-13)11-12-7-3-1-4-8-12/h2,5-6,9-10,12,14,16H,1,3-4,7-8,11,15H2. The molecule has 94 valence electrons. The van der Waals surface area contributed by atoms with Crippen molar-refractivity contribution in [1.82, 2.24) is 5.59 Å². The van der Waals surface area contributed by atoms with E-state index in [4.69, 9.17) is 10.7 Å². The van der Waals surface area contributed by atoms with Gasteiger partial charge in [-0.2, -0.15) is 0 Å². The van der Waals surface area contributed by atoms with Crippen LogP contribution in [0.15, 0.2) is 30.3 Å². The Hall–Kier alpha value is -0.900. The van der Waals surface area contributed by atoms with E-state index in [2.05, 4.69) is 17.7 Å². The van der Waals surface area contributed by atoms with Gasteiger partial charge in [-0.1, -0.05) is 62.4 Å². The maximum absolute atomic E-state index is 5.46. The summed E-state index contributed by atoms with van der Waals surface area (Å²) in [5, 5.41) is 0. The molecule has 0 amide bonds. The van der Waals surface area contributed by atoms with E-state index < -0.39 is 0 Å². The number of hydrazine groups is 1. The van der Waals surface area contributed by atoms with Gasteiger partial charge in [0.05, 0.1) is 0 Å². The van der Waals surface area contributed by atoms with Crippen molar-refractivity contribution >= 4 is 0 Å². The third-order valence-corrected chi connectivity index (χ3v) is 3.65. The molecule has 3 heteroatoms. The summed E-state index contributed by atoms with van der Waals surface area (Å²) in [5.41, 5.74) is 3.56. The Labute approximate surface area is 103 Å². The van der Waals surface area contributed by atoms with Crippen molar-refractivity contribution in [1.29, 1.82) is 0 Å². The first-order chi connectivity index (χ1) is 8.40. The van der Waals surface area contributed by atoms with Gasteiger partial charge >= 0.3 is 0 Å². The Morgan fingerprint density at radius 3 is 2.53 bits per heavy atom. The van der Waals surface area contributed by atoms with E-state index in [1.54, 1.807) is 0 Å². The summed E-state index contributed by atoms with van der Waals surface area (Å²) in [6.07, 6.45) is 7.92. The summed E-state index contributed by atoms with van der Waals surface area (Å²) in [6, 6.07) is 10.3. The molecule has 1 aromatic carbocycles. The van der Waals surface area contributed by atoms with Gasteiger partial charge in [0.25, 0.3) is 0 Å². The van der Waals surface area contributed by atoms with Gasteiger partial charge < -0.3 is 0 Å². The molecule has 0 bridgehead atoms. The summed E-state index contributed by atoms with van der Waals surface area (Å²) >= 11 is 0. The van der Waals surface area contributed by atoms with Gasteiger partial charge in [0.15, 0.2) is 0 Å². The van der Waals surface area contributed by atoms with Crippen LogP contribution in [-0.2, 0) is 4.84 Å². The van der Waals surface area contributed by atoms with Crippen molar-refractivity contribution in [2.24, 2.45) is 11.8 Å². The Bertz CT molecular complexity index is 309. The van der Waals surface area contributed by atoms with E-state index in [-0.39, 0.29) is 6.10 Å². The molecule has 1 saturated carbocycles. The highest BCUT2D eigenvalue weighted by Crippen LogP contribution is 2.33. The van der Waals surface area contributed by atoms with Crippen LogP contribution in [0.4, 0.5) is 0 Å². The molecule has 1 aliphatic carbocycles. The third-order valence-electron chi connectivity index (χ3n) is 3.65. The molecular weight excluding hydrogens is 212 g/mol. The smallest absolute Gasteiger partial charge is 0.106 e. The van der Waals surface area contributed by atoms with Gasteiger partial charge in [-0.3, -0.25) is 4.84 Å². The molecule has 17 heavy (non-hydrogen) atoms. The molecule has 1 aliphatic rings. The van der Waals surface area contributed by atoms with E-state index >= 15 is 0 Å². The van der Waals surface area contributed by atoms with Gasteiger partial charge in [0.2, 0.25) is 0 Å². The maximum atomic E-state index is 5.46. The van der Waals surface area contributed by atoms with Crippen LogP contribution in [-0.4, -0.2) is 0 Å². The van der Waals surface area contributed by atoms with E-state index in [0.717, 1.165) is 12.3 Å². The van der Waals surface area contributed by atoms with Crippen LogP contribution in [0.5, 0.6) is 0 Å². The predicted molar refractivity (Wildman–Crippen MR) is 68.8 cm³/mol. The van der Waals surface area contributed by atoms with Crippen molar-refractivity contribution in [2.75, 3.05) is 0 Å². The minimum Gasteiger partial charge on any atom is -0.279 e. The lowest BCUT2D eigenvalue weighted by atomic mass is 9.84. The number of nitrogens with two attached hydrogens (primary N) is 1. The zero-order chi connectivity index (χ0) is 11.9.